The van der Waals surface area contributed by atoms with Crippen molar-refractivity contribution in [3.8, 4) is 0 Å². The Labute approximate surface area is 132 Å². The number of halogens is 4. The summed E-state index contributed by atoms with van der Waals surface area (Å²) in [7, 11) is 0. The minimum atomic E-state index is -4.46. The molecule has 0 atom stereocenters. The van der Waals surface area contributed by atoms with Crippen molar-refractivity contribution in [1.29, 1.82) is 0 Å². The Morgan fingerprint density at radius 1 is 1.18 bits per heavy atom. The molecule has 1 amide bonds. The summed E-state index contributed by atoms with van der Waals surface area (Å²) in [5.74, 6) is -0.307. The molecular formula is C15H19ClF3N2O+. The second kappa shape index (κ2) is 7.33. The topological polar surface area (TPSA) is 33.5 Å². The van der Waals surface area contributed by atoms with Crippen molar-refractivity contribution in [3.63, 3.8) is 0 Å². The number of benzene rings is 1. The van der Waals surface area contributed by atoms with Gasteiger partial charge in [-0.05, 0) is 43.9 Å². The van der Waals surface area contributed by atoms with Crippen molar-refractivity contribution in [1.82, 2.24) is 0 Å². The molecule has 0 unspecified atom stereocenters. The van der Waals surface area contributed by atoms with E-state index in [1.165, 1.54) is 12.8 Å². The Morgan fingerprint density at radius 2 is 1.82 bits per heavy atom. The Hall–Kier alpha value is -1.27. The molecule has 1 aromatic rings. The largest absolute Gasteiger partial charge is 0.416 e. The van der Waals surface area contributed by atoms with E-state index in [1.54, 1.807) is 0 Å². The molecule has 0 radical (unpaired) electrons. The van der Waals surface area contributed by atoms with Gasteiger partial charge in [0, 0.05) is 0 Å². The highest BCUT2D eigenvalue weighted by Gasteiger charge is 2.31. The molecule has 1 fully saturated rings. The van der Waals surface area contributed by atoms with E-state index in [0.29, 0.717) is 0 Å². The molecule has 0 aromatic heterocycles. The molecule has 2 N–H and O–H groups in total. The summed E-state index contributed by atoms with van der Waals surface area (Å²) in [5.41, 5.74) is -0.815. The fraction of sp³-hybridized carbons (Fsp3) is 0.533. The summed E-state index contributed by atoms with van der Waals surface area (Å²) < 4.78 is 38.1. The van der Waals surface area contributed by atoms with Gasteiger partial charge in [0.1, 0.15) is 0 Å². The molecule has 1 aromatic carbocycles. The van der Waals surface area contributed by atoms with Crippen molar-refractivity contribution in [2.45, 2.75) is 31.9 Å². The van der Waals surface area contributed by atoms with Gasteiger partial charge in [-0.1, -0.05) is 11.6 Å². The van der Waals surface area contributed by atoms with Crippen LogP contribution in [0.4, 0.5) is 18.9 Å². The van der Waals surface area contributed by atoms with Gasteiger partial charge in [0.25, 0.3) is 5.91 Å². The summed E-state index contributed by atoms with van der Waals surface area (Å²) in [6.45, 7) is 2.10. The van der Waals surface area contributed by atoms with Gasteiger partial charge in [-0.25, -0.2) is 0 Å². The van der Waals surface area contributed by atoms with Crippen LogP contribution in [0.5, 0.6) is 0 Å². The van der Waals surface area contributed by atoms with Crippen LogP contribution in [0.2, 0.25) is 5.02 Å². The standard InChI is InChI=1S/C15H18ClF3N2O/c16-12-6-5-11(15(17,18)19)9-13(12)20-14(22)10-21-7-3-1-2-4-8-21/h5-6,9H,1-4,7-8,10H2,(H,20,22)/p+1. The van der Waals surface area contributed by atoms with Crippen LogP contribution < -0.4 is 10.2 Å². The average Bonchev–Trinajstić information content (AvgIpc) is 2.68. The zero-order valence-corrected chi connectivity index (χ0v) is 12.9. The quantitative estimate of drug-likeness (QED) is 0.875. The molecular weight excluding hydrogens is 317 g/mol. The average molecular weight is 336 g/mol. The number of hydrogen-bond donors (Lipinski definition) is 2. The van der Waals surface area contributed by atoms with Gasteiger partial charge in [-0.2, -0.15) is 13.2 Å². The zero-order valence-electron chi connectivity index (χ0n) is 12.1. The van der Waals surface area contributed by atoms with Crippen LogP contribution in [0, 0.1) is 0 Å². The second-order valence-electron chi connectivity index (χ2n) is 5.58. The van der Waals surface area contributed by atoms with E-state index in [1.807, 2.05) is 0 Å². The maximum absolute atomic E-state index is 12.7. The molecule has 2 rings (SSSR count). The molecule has 1 saturated heterocycles. The van der Waals surface area contributed by atoms with Crippen LogP contribution in [-0.2, 0) is 11.0 Å². The van der Waals surface area contributed by atoms with E-state index >= 15 is 0 Å². The van der Waals surface area contributed by atoms with Crippen molar-refractivity contribution in [2.24, 2.45) is 0 Å². The number of carbonyl (C=O) groups excluding carboxylic acids is 1. The summed E-state index contributed by atoms with van der Waals surface area (Å²) in [6, 6.07) is 2.93. The predicted molar refractivity (Wildman–Crippen MR) is 79.1 cm³/mol. The molecule has 1 aliphatic rings. The Balaban J connectivity index is 2.01. The molecule has 1 aliphatic heterocycles. The monoisotopic (exact) mass is 335 g/mol. The van der Waals surface area contributed by atoms with Crippen molar-refractivity contribution in [3.05, 3.63) is 28.8 Å². The Kier molecular flexibility index (Phi) is 5.69. The minimum absolute atomic E-state index is 0.00992. The van der Waals surface area contributed by atoms with Crippen LogP contribution in [0.3, 0.4) is 0 Å². The summed E-state index contributed by atoms with van der Waals surface area (Å²) >= 11 is 5.87. The van der Waals surface area contributed by atoms with Gasteiger partial charge in [-0.3, -0.25) is 4.79 Å². The van der Waals surface area contributed by atoms with E-state index in [9.17, 15) is 18.0 Å². The number of nitrogens with one attached hydrogen (secondary N) is 2. The molecule has 0 aliphatic carbocycles. The number of likely N-dealkylation sites (tertiary alicyclic amines) is 1. The van der Waals surface area contributed by atoms with Gasteiger partial charge < -0.3 is 10.2 Å². The summed E-state index contributed by atoms with van der Waals surface area (Å²) in [4.78, 5) is 13.2. The van der Waals surface area contributed by atoms with Crippen LogP contribution in [0.15, 0.2) is 18.2 Å². The Morgan fingerprint density at radius 3 is 2.41 bits per heavy atom. The van der Waals surface area contributed by atoms with Gasteiger partial charge in [0.2, 0.25) is 0 Å². The predicted octanol–water partition coefficient (Wildman–Crippen LogP) is 2.76. The fourth-order valence-electron chi connectivity index (χ4n) is 2.62. The number of alkyl halides is 3. The van der Waals surface area contributed by atoms with Gasteiger partial charge in [0.15, 0.2) is 6.54 Å². The maximum Gasteiger partial charge on any atom is 0.416 e. The fourth-order valence-corrected chi connectivity index (χ4v) is 2.79. The van der Waals surface area contributed by atoms with E-state index in [0.717, 1.165) is 49.0 Å². The lowest BCUT2D eigenvalue weighted by atomic mass is 10.2. The highest BCUT2D eigenvalue weighted by atomic mass is 35.5. The number of rotatable bonds is 3. The number of quaternary nitrogens is 1. The first-order valence-electron chi connectivity index (χ1n) is 7.36. The van der Waals surface area contributed by atoms with E-state index < -0.39 is 11.7 Å². The van der Waals surface area contributed by atoms with E-state index in [-0.39, 0.29) is 23.2 Å². The van der Waals surface area contributed by atoms with Crippen molar-refractivity contribution >= 4 is 23.2 Å². The second-order valence-corrected chi connectivity index (χ2v) is 5.99. The van der Waals surface area contributed by atoms with Crippen LogP contribution in [-0.4, -0.2) is 25.5 Å². The Bertz CT molecular complexity index is 526. The SMILES string of the molecule is O=C(C[NH+]1CCCCCC1)Nc1cc(C(F)(F)F)ccc1Cl. The molecule has 3 nitrogen and oxygen atoms in total. The number of carbonyl (C=O) groups is 1. The molecule has 7 heteroatoms. The van der Waals surface area contributed by atoms with Gasteiger partial charge in [0.05, 0.1) is 29.4 Å². The first kappa shape index (κ1) is 17.1. The molecule has 22 heavy (non-hydrogen) atoms. The maximum atomic E-state index is 12.7. The van der Waals surface area contributed by atoms with E-state index in [4.69, 9.17) is 11.6 Å². The number of anilines is 1. The molecule has 1 heterocycles. The van der Waals surface area contributed by atoms with Crippen molar-refractivity contribution in [2.75, 3.05) is 25.0 Å². The lowest BCUT2D eigenvalue weighted by molar-refractivity contribution is -0.890. The molecule has 0 spiro atoms. The first-order chi connectivity index (χ1) is 10.4. The smallest absolute Gasteiger partial charge is 0.327 e. The van der Waals surface area contributed by atoms with Crippen molar-refractivity contribution < 1.29 is 22.9 Å². The highest BCUT2D eigenvalue weighted by Crippen LogP contribution is 2.33. The lowest BCUT2D eigenvalue weighted by Crippen LogP contribution is -3.12. The third kappa shape index (κ3) is 4.88. The first-order valence-corrected chi connectivity index (χ1v) is 7.74. The third-order valence-electron chi connectivity index (χ3n) is 3.79. The van der Waals surface area contributed by atoms with Crippen LogP contribution in [0.1, 0.15) is 31.2 Å². The molecule has 0 saturated carbocycles. The zero-order chi connectivity index (χ0) is 16.2. The number of amides is 1. The van der Waals surface area contributed by atoms with E-state index in [2.05, 4.69) is 5.32 Å². The molecule has 122 valence electrons. The molecule has 0 bridgehead atoms. The minimum Gasteiger partial charge on any atom is -0.327 e. The van der Waals surface area contributed by atoms with Gasteiger partial charge in [-0.15, -0.1) is 0 Å². The highest BCUT2D eigenvalue weighted by molar-refractivity contribution is 6.33. The normalized spacial score (nSPS) is 17.1. The summed E-state index contributed by atoms with van der Waals surface area (Å²) in [5, 5.41) is 2.60. The number of hydrogen-bond acceptors (Lipinski definition) is 1. The lowest BCUT2D eigenvalue weighted by Gasteiger charge is -2.17. The van der Waals surface area contributed by atoms with Crippen LogP contribution >= 0.6 is 11.6 Å². The van der Waals surface area contributed by atoms with Gasteiger partial charge >= 0.3 is 6.18 Å². The third-order valence-corrected chi connectivity index (χ3v) is 4.12. The summed E-state index contributed by atoms with van der Waals surface area (Å²) in [6.07, 6.45) is 0.0368. The van der Waals surface area contributed by atoms with Crippen LogP contribution in [0.25, 0.3) is 0 Å².